The van der Waals surface area contributed by atoms with E-state index < -0.39 is 0 Å². The van der Waals surface area contributed by atoms with Crippen LogP contribution < -0.4 is 4.90 Å². The van der Waals surface area contributed by atoms with Crippen molar-refractivity contribution in [2.45, 2.75) is 25.2 Å². The van der Waals surface area contributed by atoms with Gasteiger partial charge in [0.25, 0.3) is 0 Å². The van der Waals surface area contributed by atoms with Gasteiger partial charge in [-0.05, 0) is 39.6 Å². The first-order chi connectivity index (χ1) is 8.51. The Hall–Kier alpha value is -0.250. The molecule has 18 heavy (non-hydrogen) atoms. The van der Waals surface area contributed by atoms with Crippen molar-refractivity contribution >= 4 is 33.2 Å². The number of hydrogen-bond acceptors (Lipinski definition) is 2. The molecule has 0 saturated carbocycles. The summed E-state index contributed by atoms with van der Waals surface area (Å²) in [6.07, 6.45) is 0. The van der Waals surface area contributed by atoms with E-state index in [0.717, 1.165) is 29.1 Å². The quantitative estimate of drug-likeness (QED) is 0.726. The van der Waals surface area contributed by atoms with E-state index in [9.17, 15) is 0 Å². The first kappa shape index (κ1) is 15.8. The molecule has 0 radical (unpaired) electrons. The molecule has 0 heterocycles. The second-order valence-corrected chi connectivity index (χ2v) is 5.75. The molecule has 0 spiro atoms. The molecule has 1 aromatic carbocycles. The minimum Gasteiger partial charge on any atom is -0.366 e. The second kappa shape index (κ2) is 7.37. The number of anilines is 1. The highest BCUT2D eigenvalue weighted by molar-refractivity contribution is 9.08. The molecule has 2 nitrogen and oxygen atoms in total. The number of hydrogen-bond donors (Lipinski definition) is 0. The van der Waals surface area contributed by atoms with Crippen molar-refractivity contribution in [1.29, 1.82) is 0 Å². The Morgan fingerprint density at radius 1 is 1.33 bits per heavy atom. The van der Waals surface area contributed by atoms with Gasteiger partial charge in [0, 0.05) is 24.5 Å². The van der Waals surface area contributed by atoms with Crippen LogP contribution in [-0.4, -0.2) is 38.1 Å². The average Bonchev–Trinajstić information content (AvgIpc) is 2.31. The zero-order chi connectivity index (χ0) is 13.7. The Labute approximate surface area is 124 Å². The van der Waals surface area contributed by atoms with Crippen LogP contribution in [0.4, 0.5) is 5.69 Å². The third-order valence-corrected chi connectivity index (χ3v) is 3.91. The summed E-state index contributed by atoms with van der Waals surface area (Å²) in [6.45, 7) is 6.39. The summed E-state index contributed by atoms with van der Waals surface area (Å²) in [6, 6.07) is 6.53. The van der Waals surface area contributed by atoms with Crippen LogP contribution in [0.3, 0.4) is 0 Å². The van der Waals surface area contributed by atoms with Gasteiger partial charge in [-0.15, -0.1) is 0 Å². The predicted octanol–water partition coefficient (Wildman–Crippen LogP) is 4.01. The van der Waals surface area contributed by atoms with Gasteiger partial charge in [-0.25, -0.2) is 0 Å². The topological polar surface area (TPSA) is 6.48 Å². The van der Waals surface area contributed by atoms with Gasteiger partial charge >= 0.3 is 0 Å². The summed E-state index contributed by atoms with van der Waals surface area (Å²) in [5, 5.41) is 1.66. The molecule has 102 valence electrons. The summed E-state index contributed by atoms with van der Waals surface area (Å²) in [4.78, 5) is 4.58. The molecule has 0 bridgehead atoms. The van der Waals surface area contributed by atoms with E-state index in [1.54, 1.807) is 0 Å². The maximum absolute atomic E-state index is 6.39. The zero-order valence-corrected chi connectivity index (χ0v) is 13.9. The van der Waals surface area contributed by atoms with E-state index in [-0.39, 0.29) is 0 Å². The summed E-state index contributed by atoms with van der Waals surface area (Å²) in [5.41, 5.74) is 2.41. The van der Waals surface area contributed by atoms with Crippen LogP contribution in [0.5, 0.6) is 0 Å². The van der Waals surface area contributed by atoms with Crippen molar-refractivity contribution in [3.05, 3.63) is 28.8 Å². The standard InChI is InChI=1S/C14H22BrClN2/c1-5-18(11(2)10-17(3)4)14-12(9-15)7-6-8-13(14)16/h6-8,11H,5,9-10H2,1-4H3. The monoisotopic (exact) mass is 332 g/mol. The Bertz CT molecular complexity index is 382. The van der Waals surface area contributed by atoms with Crippen molar-refractivity contribution in [3.8, 4) is 0 Å². The number of benzene rings is 1. The molecule has 0 saturated heterocycles. The number of alkyl halides is 1. The second-order valence-electron chi connectivity index (χ2n) is 4.78. The normalized spacial score (nSPS) is 12.8. The largest absolute Gasteiger partial charge is 0.366 e. The molecule has 0 aliphatic heterocycles. The fourth-order valence-electron chi connectivity index (χ4n) is 2.31. The summed E-state index contributed by atoms with van der Waals surface area (Å²) in [7, 11) is 4.20. The van der Waals surface area contributed by atoms with Crippen LogP contribution >= 0.6 is 27.5 Å². The van der Waals surface area contributed by atoms with Crippen LogP contribution in [0, 0.1) is 0 Å². The van der Waals surface area contributed by atoms with E-state index in [2.05, 4.69) is 59.7 Å². The lowest BCUT2D eigenvalue weighted by Gasteiger charge is -2.34. The Kier molecular flexibility index (Phi) is 6.47. The molecule has 1 rings (SSSR count). The van der Waals surface area contributed by atoms with Gasteiger partial charge in [-0.2, -0.15) is 0 Å². The molecule has 0 aliphatic rings. The van der Waals surface area contributed by atoms with Gasteiger partial charge in [-0.1, -0.05) is 39.7 Å². The van der Waals surface area contributed by atoms with E-state index >= 15 is 0 Å². The van der Waals surface area contributed by atoms with E-state index in [1.807, 2.05) is 12.1 Å². The van der Waals surface area contributed by atoms with Crippen molar-refractivity contribution in [1.82, 2.24) is 4.90 Å². The highest BCUT2D eigenvalue weighted by atomic mass is 79.9. The zero-order valence-electron chi connectivity index (χ0n) is 11.6. The van der Waals surface area contributed by atoms with Crippen molar-refractivity contribution < 1.29 is 0 Å². The first-order valence-corrected chi connectivity index (χ1v) is 7.75. The Balaban J connectivity index is 3.08. The average molecular weight is 334 g/mol. The van der Waals surface area contributed by atoms with Crippen molar-refractivity contribution in [2.75, 3.05) is 32.1 Å². The molecule has 1 atom stereocenters. The number of halogens is 2. The van der Waals surface area contributed by atoms with Crippen LogP contribution in [0.1, 0.15) is 19.4 Å². The van der Waals surface area contributed by atoms with Crippen molar-refractivity contribution in [3.63, 3.8) is 0 Å². The van der Waals surface area contributed by atoms with Crippen LogP contribution in [-0.2, 0) is 5.33 Å². The van der Waals surface area contributed by atoms with Crippen LogP contribution in [0.25, 0.3) is 0 Å². The van der Waals surface area contributed by atoms with Gasteiger partial charge in [0.2, 0.25) is 0 Å². The molecule has 1 unspecified atom stereocenters. The van der Waals surface area contributed by atoms with Crippen LogP contribution in [0.2, 0.25) is 5.02 Å². The lowest BCUT2D eigenvalue weighted by atomic mass is 10.1. The third-order valence-electron chi connectivity index (χ3n) is 3.00. The molecule has 0 aromatic heterocycles. The fourth-order valence-corrected chi connectivity index (χ4v) is 3.06. The van der Waals surface area contributed by atoms with Gasteiger partial charge in [0.05, 0.1) is 10.7 Å². The Morgan fingerprint density at radius 3 is 2.50 bits per heavy atom. The Morgan fingerprint density at radius 2 is 2.00 bits per heavy atom. The van der Waals surface area contributed by atoms with Gasteiger partial charge in [0.1, 0.15) is 0 Å². The predicted molar refractivity (Wildman–Crippen MR) is 85.1 cm³/mol. The molecule has 0 N–H and O–H groups in total. The lowest BCUT2D eigenvalue weighted by Crippen LogP contribution is -2.40. The maximum Gasteiger partial charge on any atom is 0.0642 e. The molecule has 4 heteroatoms. The highest BCUT2D eigenvalue weighted by Crippen LogP contribution is 2.32. The molecule has 0 fully saturated rings. The summed E-state index contributed by atoms with van der Waals surface area (Å²) >= 11 is 9.93. The van der Waals surface area contributed by atoms with Gasteiger partial charge in [0.15, 0.2) is 0 Å². The molecule has 1 aromatic rings. The molecule has 0 aliphatic carbocycles. The van der Waals surface area contributed by atoms with Gasteiger partial charge in [-0.3, -0.25) is 0 Å². The molecular formula is C14H22BrClN2. The van der Waals surface area contributed by atoms with E-state index in [1.165, 1.54) is 5.56 Å². The van der Waals surface area contributed by atoms with Crippen molar-refractivity contribution in [2.24, 2.45) is 0 Å². The van der Waals surface area contributed by atoms with E-state index in [0.29, 0.717) is 6.04 Å². The fraction of sp³-hybridized carbons (Fsp3) is 0.571. The number of rotatable bonds is 6. The molecular weight excluding hydrogens is 312 g/mol. The first-order valence-electron chi connectivity index (χ1n) is 6.26. The summed E-state index contributed by atoms with van der Waals surface area (Å²) < 4.78 is 0. The minimum atomic E-state index is 0.433. The third kappa shape index (κ3) is 3.87. The number of para-hydroxylation sites is 1. The lowest BCUT2D eigenvalue weighted by molar-refractivity contribution is 0.373. The number of likely N-dealkylation sites (N-methyl/N-ethyl adjacent to an activating group) is 2. The van der Waals surface area contributed by atoms with Gasteiger partial charge < -0.3 is 9.80 Å². The highest BCUT2D eigenvalue weighted by Gasteiger charge is 2.18. The van der Waals surface area contributed by atoms with Crippen LogP contribution in [0.15, 0.2) is 18.2 Å². The smallest absolute Gasteiger partial charge is 0.0642 e. The maximum atomic E-state index is 6.39. The minimum absolute atomic E-state index is 0.433. The SMILES string of the molecule is CCN(c1c(Cl)cccc1CBr)C(C)CN(C)C. The number of nitrogens with zero attached hydrogens (tertiary/aromatic N) is 2. The summed E-state index contributed by atoms with van der Waals surface area (Å²) in [5.74, 6) is 0. The molecule has 0 amide bonds. The van der Waals surface area contributed by atoms with E-state index in [4.69, 9.17) is 11.6 Å².